The van der Waals surface area contributed by atoms with Gasteiger partial charge < -0.3 is 5.32 Å². The van der Waals surface area contributed by atoms with Crippen molar-refractivity contribution in [2.45, 2.75) is 36.0 Å². The van der Waals surface area contributed by atoms with Gasteiger partial charge >= 0.3 is 0 Å². The Kier molecular flexibility index (Phi) is 6.40. The Hall–Kier alpha value is -2.23. The van der Waals surface area contributed by atoms with Crippen LogP contribution in [0, 0.1) is 6.92 Å². The summed E-state index contributed by atoms with van der Waals surface area (Å²) in [6.45, 7) is 2.85. The van der Waals surface area contributed by atoms with Gasteiger partial charge in [0.2, 0.25) is 15.9 Å². The lowest BCUT2D eigenvalue weighted by Crippen LogP contribution is -2.28. The Labute approximate surface area is 171 Å². The van der Waals surface area contributed by atoms with Gasteiger partial charge in [-0.1, -0.05) is 23.8 Å². The quantitative estimate of drug-likeness (QED) is 0.719. The molecule has 7 nitrogen and oxygen atoms in total. The molecule has 1 fully saturated rings. The first-order chi connectivity index (χ1) is 13.7. The molecule has 9 heteroatoms. The smallest absolute Gasteiger partial charge is 0.243 e. The van der Waals surface area contributed by atoms with Crippen LogP contribution in [0.3, 0.4) is 0 Å². The first-order valence-corrected chi connectivity index (χ1v) is 12.5. The molecular formula is C20H24N2O5S2. The van der Waals surface area contributed by atoms with Gasteiger partial charge in [-0.15, -0.1) is 0 Å². The second kappa shape index (κ2) is 8.64. The average Bonchev–Trinajstić information content (AvgIpc) is 3.23. The Bertz CT molecular complexity index is 1090. The van der Waals surface area contributed by atoms with Crippen LogP contribution in [0.15, 0.2) is 58.3 Å². The normalized spacial score (nSPS) is 15.3. The van der Waals surface area contributed by atoms with E-state index in [1.54, 1.807) is 24.3 Å². The van der Waals surface area contributed by atoms with Crippen LogP contribution in [-0.2, 0) is 24.7 Å². The highest BCUT2D eigenvalue weighted by Gasteiger charge is 2.27. The molecule has 1 aliphatic heterocycles. The van der Waals surface area contributed by atoms with E-state index < -0.39 is 25.8 Å². The maximum absolute atomic E-state index is 12.6. The van der Waals surface area contributed by atoms with Crippen molar-refractivity contribution in [2.24, 2.45) is 0 Å². The molecule has 0 radical (unpaired) electrons. The van der Waals surface area contributed by atoms with Crippen LogP contribution in [-0.4, -0.2) is 45.9 Å². The van der Waals surface area contributed by atoms with Crippen molar-refractivity contribution in [1.82, 2.24) is 4.31 Å². The van der Waals surface area contributed by atoms with Crippen molar-refractivity contribution in [3.63, 3.8) is 0 Å². The van der Waals surface area contributed by atoms with Crippen molar-refractivity contribution in [3.8, 4) is 0 Å². The maximum Gasteiger partial charge on any atom is 0.243 e. The van der Waals surface area contributed by atoms with Crippen LogP contribution < -0.4 is 5.32 Å². The number of anilines is 1. The molecule has 29 heavy (non-hydrogen) atoms. The first-order valence-electron chi connectivity index (χ1n) is 9.38. The number of benzene rings is 2. The molecule has 1 heterocycles. The largest absolute Gasteiger partial charge is 0.326 e. The van der Waals surface area contributed by atoms with Gasteiger partial charge in [0.25, 0.3) is 0 Å². The molecule has 0 unspecified atom stereocenters. The minimum atomic E-state index is -3.59. The van der Waals surface area contributed by atoms with Gasteiger partial charge in [0.15, 0.2) is 9.84 Å². The van der Waals surface area contributed by atoms with E-state index in [9.17, 15) is 21.6 Å². The van der Waals surface area contributed by atoms with Crippen molar-refractivity contribution < 1.29 is 21.6 Å². The van der Waals surface area contributed by atoms with E-state index in [1.807, 2.05) is 6.92 Å². The molecule has 0 aliphatic carbocycles. The summed E-state index contributed by atoms with van der Waals surface area (Å²) in [5, 5.41) is 2.59. The highest BCUT2D eigenvalue weighted by atomic mass is 32.2. The highest BCUT2D eigenvalue weighted by Crippen LogP contribution is 2.23. The van der Waals surface area contributed by atoms with Crippen molar-refractivity contribution in [2.75, 3.05) is 24.2 Å². The van der Waals surface area contributed by atoms with Crippen molar-refractivity contribution in [1.29, 1.82) is 0 Å². The predicted molar refractivity (Wildman–Crippen MR) is 111 cm³/mol. The number of nitrogens with one attached hydrogen (secondary N) is 1. The molecule has 0 bridgehead atoms. The third-order valence-corrected chi connectivity index (χ3v) is 8.43. The first kappa shape index (κ1) is 21.5. The van der Waals surface area contributed by atoms with E-state index in [4.69, 9.17) is 0 Å². The molecule has 1 saturated heterocycles. The van der Waals surface area contributed by atoms with Crippen molar-refractivity contribution >= 4 is 31.5 Å². The third kappa shape index (κ3) is 5.23. The molecule has 156 valence electrons. The summed E-state index contributed by atoms with van der Waals surface area (Å²) in [5.41, 5.74) is 1.27. The molecule has 1 amide bonds. The van der Waals surface area contributed by atoms with Crippen LogP contribution in [0.4, 0.5) is 5.69 Å². The molecule has 0 aromatic heterocycles. The van der Waals surface area contributed by atoms with E-state index in [-0.39, 0.29) is 22.0 Å². The maximum atomic E-state index is 12.6. The van der Waals surface area contributed by atoms with Gasteiger partial charge in [-0.25, -0.2) is 16.8 Å². The molecule has 2 aromatic carbocycles. The van der Waals surface area contributed by atoms with Gasteiger partial charge in [0, 0.05) is 25.2 Å². The SMILES string of the molecule is Cc1ccc(S(=O)(=O)CCC(=O)Nc2cccc(S(=O)(=O)N3CCCC3)c2)cc1. The summed E-state index contributed by atoms with van der Waals surface area (Å²) in [7, 11) is -7.16. The van der Waals surface area contributed by atoms with E-state index in [0.717, 1.165) is 18.4 Å². The fourth-order valence-corrected chi connectivity index (χ4v) is 5.93. The van der Waals surface area contributed by atoms with Gasteiger partial charge in [-0.05, 0) is 50.1 Å². The van der Waals surface area contributed by atoms with Gasteiger partial charge in [-0.2, -0.15) is 4.31 Å². The van der Waals surface area contributed by atoms with Gasteiger partial charge in [0.05, 0.1) is 15.5 Å². The number of sulfone groups is 1. The van der Waals surface area contributed by atoms with E-state index in [0.29, 0.717) is 18.8 Å². The van der Waals surface area contributed by atoms with Crippen LogP contribution in [0.25, 0.3) is 0 Å². The average molecular weight is 437 g/mol. The number of hydrogen-bond acceptors (Lipinski definition) is 5. The lowest BCUT2D eigenvalue weighted by Gasteiger charge is -2.16. The zero-order chi connectivity index (χ0) is 21.1. The summed E-state index contributed by atoms with van der Waals surface area (Å²) in [5.74, 6) is -0.815. The summed E-state index contributed by atoms with van der Waals surface area (Å²) in [6.07, 6.45) is 1.45. The number of carbonyl (C=O) groups is 1. The molecule has 0 atom stereocenters. The number of amides is 1. The number of rotatable bonds is 7. The fourth-order valence-electron chi connectivity index (χ4n) is 3.13. The molecule has 3 rings (SSSR count). The second-order valence-corrected chi connectivity index (χ2v) is 11.1. The summed E-state index contributed by atoms with van der Waals surface area (Å²) >= 11 is 0. The van der Waals surface area contributed by atoms with Gasteiger partial charge in [0.1, 0.15) is 0 Å². The molecule has 2 aromatic rings. The lowest BCUT2D eigenvalue weighted by atomic mass is 10.2. The molecule has 1 N–H and O–H groups in total. The topological polar surface area (TPSA) is 101 Å². The van der Waals surface area contributed by atoms with Crippen LogP contribution in [0.2, 0.25) is 0 Å². The van der Waals surface area contributed by atoms with Crippen molar-refractivity contribution in [3.05, 3.63) is 54.1 Å². The second-order valence-electron chi connectivity index (χ2n) is 7.07. The number of nitrogens with zero attached hydrogens (tertiary/aromatic N) is 1. The number of aryl methyl sites for hydroxylation is 1. The predicted octanol–water partition coefficient (Wildman–Crippen LogP) is 2.58. The number of sulfonamides is 1. The van der Waals surface area contributed by atoms with Crippen LogP contribution >= 0.6 is 0 Å². The van der Waals surface area contributed by atoms with Gasteiger partial charge in [-0.3, -0.25) is 4.79 Å². The molecule has 0 spiro atoms. The number of carbonyl (C=O) groups excluding carboxylic acids is 1. The van der Waals surface area contributed by atoms with E-state index in [2.05, 4.69) is 5.32 Å². The van der Waals surface area contributed by atoms with Crippen LogP contribution in [0.1, 0.15) is 24.8 Å². The Morgan fingerprint density at radius 2 is 1.62 bits per heavy atom. The number of hydrogen-bond donors (Lipinski definition) is 1. The standard InChI is InChI=1S/C20H24N2O5S2/c1-16-7-9-18(10-8-16)28(24,25)14-11-20(23)21-17-5-4-6-19(15-17)29(26,27)22-12-2-3-13-22/h4-10,15H,2-3,11-14H2,1H3,(H,21,23). The Morgan fingerprint density at radius 3 is 2.28 bits per heavy atom. The minimum Gasteiger partial charge on any atom is -0.326 e. The molecule has 0 saturated carbocycles. The Balaban J connectivity index is 1.64. The minimum absolute atomic E-state index is 0.115. The molecular weight excluding hydrogens is 412 g/mol. The summed E-state index contributed by atoms with van der Waals surface area (Å²) < 4.78 is 51.5. The fraction of sp³-hybridized carbons (Fsp3) is 0.350. The van der Waals surface area contributed by atoms with E-state index in [1.165, 1.54) is 28.6 Å². The lowest BCUT2D eigenvalue weighted by molar-refractivity contribution is -0.115. The summed E-state index contributed by atoms with van der Waals surface area (Å²) in [6, 6.07) is 12.5. The van der Waals surface area contributed by atoms with Crippen LogP contribution in [0.5, 0.6) is 0 Å². The highest BCUT2D eigenvalue weighted by molar-refractivity contribution is 7.91. The molecule has 1 aliphatic rings. The monoisotopic (exact) mass is 436 g/mol. The third-order valence-electron chi connectivity index (χ3n) is 4.80. The summed E-state index contributed by atoms with van der Waals surface area (Å²) in [4.78, 5) is 12.5. The Morgan fingerprint density at radius 1 is 0.966 bits per heavy atom. The zero-order valence-electron chi connectivity index (χ0n) is 16.2. The van der Waals surface area contributed by atoms with E-state index >= 15 is 0 Å². The zero-order valence-corrected chi connectivity index (χ0v) is 17.8.